The van der Waals surface area contributed by atoms with Crippen molar-refractivity contribution in [1.82, 2.24) is 4.98 Å². The fraction of sp³-hybridized carbons (Fsp3) is 0.0556. The number of hydrogen-bond acceptors (Lipinski definition) is 5. The minimum atomic E-state index is -0.386. The first-order chi connectivity index (χ1) is 11.2. The number of para-hydroxylation sites is 1. The van der Waals surface area contributed by atoms with Gasteiger partial charge in [-0.05, 0) is 30.3 Å². The Balaban J connectivity index is 2.01. The molecule has 0 fully saturated rings. The van der Waals surface area contributed by atoms with Crippen molar-refractivity contribution in [2.24, 2.45) is 0 Å². The molecule has 0 aliphatic rings. The van der Waals surface area contributed by atoms with Crippen molar-refractivity contribution < 1.29 is 9.53 Å². The number of pyridine rings is 1. The third-order valence-corrected chi connectivity index (χ3v) is 3.47. The summed E-state index contributed by atoms with van der Waals surface area (Å²) in [5.41, 5.74) is 3.20. The number of benzene rings is 2. The Hall–Kier alpha value is -3.39. The van der Waals surface area contributed by atoms with Crippen LogP contribution in [0.3, 0.4) is 0 Å². The van der Waals surface area contributed by atoms with Gasteiger partial charge in [0.1, 0.15) is 6.07 Å². The summed E-state index contributed by atoms with van der Waals surface area (Å²) in [5, 5.41) is 13.4. The molecule has 1 heterocycles. The summed E-state index contributed by atoms with van der Waals surface area (Å²) >= 11 is 0. The Morgan fingerprint density at radius 3 is 2.61 bits per heavy atom. The molecular formula is C18H13N3O2. The molecule has 0 aliphatic carbocycles. The number of rotatable bonds is 3. The van der Waals surface area contributed by atoms with E-state index in [0.717, 1.165) is 16.6 Å². The van der Waals surface area contributed by atoms with Gasteiger partial charge in [0.15, 0.2) is 0 Å². The Morgan fingerprint density at radius 2 is 1.91 bits per heavy atom. The Bertz CT molecular complexity index is 912. The fourth-order valence-electron chi connectivity index (χ4n) is 2.31. The largest absolute Gasteiger partial charge is 0.465 e. The lowest BCUT2D eigenvalue weighted by Crippen LogP contribution is -2.01. The lowest BCUT2D eigenvalue weighted by molar-refractivity contribution is 0.0601. The van der Waals surface area contributed by atoms with Crippen LogP contribution in [0.5, 0.6) is 0 Å². The Labute approximate surface area is 133 Å². The topological polar surface area (TPSA) is 75.0 Å². The van der Waals surface area contributed by atoms with Gasteiger partial charge in [-0.25, -0.2) is 4.79 Å². The highest BCUT2D eigenvalue weighted by Gasteiger charge is 2.10. The van der Waals surface area contributed by atoms with Gasteiger partial charge >= 0.3 is 5.97 Å². The molecule has 2 aromatic carbocycles. The number of anilines is 2. The zero-order chi connectivity index (χ0) is 16.2. The Morgan fingerprint density at radius 1 is 1.17 bits per heavy atom. The highest BCUT2D eigenvalue weighted by atomic mass is 16.5. The number of methoxy groups -OCH3 is 1. The molecule has 0 bridgehead atoms. The van der Waals surface area contributed by atoms with E-state index in [1.54, 1.807) is 30.5 Å². The lowest BCUT2D eigenvalue weighted by atomic mass is 10.1. The number of carbonyl (C=O) groups is 1. The van der Waals surface area contributed by atoms with Crippen molar-refractivity contribution in [3.8, 4) is 6.07 Å². The molecule has 0 spiro atoms. The summed E-state index contributed by atoms with van der Waals surface area (Å²) < 4.78 is 4.68. The van der Waals surface area contributed by atoms with Gasteiger partial charge in [0.2, 0.25) is 0 Å². The van der Waals surface area contributed by atoms with Crippen molar-refractivity contribution in [3.63, 3.8) is 0 Å². The number of nitriles is 1. The van der Waals surface area contributed by atoms with Gasteiger partial charge in [-0.1, -0.05) is 18.2 Å². The zero-order valence-corrected chi connectivity index (χ0v) is 12.4. The molecule has 3 aromatic rings. The van der Waals surface area contributed by atoms with E-state index in [-0.39, 0.29) is 5.97 Å². The van der Waals surface area contributed by atoms with E-state index in [9.17, 15) is 10.1 Å². The van der Waals surface area contributed by atoms with Crippen molar-refractivity contribution in [1.29, 1.82) is 5.26 Å². The first-order valence-corrected chi connectivity index (χ1v) is 6.96. The fourth-order valence-corrected chi connectivity index (χ4v) is 2.31. The van der Waals surface area contributed by atoms with E-state index in [1.165, 1.54) is 7.11 Å². The first kappa shape index (κ1) is 14.5. The summed E-state index contributed by atoms with van der Waals surface area (Å²) in [6, 6.07) is 16.6. The number of fused-ring (bicyclic) bond motifs is 1. The second kappa shape index (κ2) is 6.16. The minimum absolute atomic E-state index is 0.386. The number of ether oxygens (including phenoxy) is 1. The molecule has 112 valence electrons. The van der Waals surface area contributed by atoms with Gasteiger partial charge in [-0.2, -0.15) is 5.26 Å². The molecule has 0 atom stereocenters. The first-order valence-electron chi connectivity index (χ1n) is 6.96. The molecule has 0 amide bonds. The highest BCUT2D eigenvalue weighted by Crippen LogP contribution is 2.28. The van der Waals surface area contributed by atoms with Crippen LogP contribution in [0.15, 0.2) is 54.7 Å². The lowest BCUT2D eigenvalue weighted by Gasteiger charge is -2.11. The number of hydrogen-bond donors (Lipinski definition) is 1. The molecular weight excluding hydrogens is 290 g/mol. The van der Waals surface area contributed by atoms with Gasteiger partial charge in [0, 0.05) is 17.3 Å². The van der Waals surface area contributed by atoms with Crippen LogP contribution in [0.1, 0.15) is 15.9 Å². The van der Waals surface area contributed by atoms with Gasteiger partial charge in [-0.15, -0.1) is 0 Å². The van der Waals surface area contributed by atoms with Crippen LogP contribution in [-0.4, -0.2) is 18.1 Å². The average Bonchev–Trinajstić information content (AvgIpc) is 2.62. The van der Waals surface area contributed by atoms with Crippen molar-refractivity contribution in [2.75, 3.05) is 12.4 Å². The second-order valence-electron chi connectivity index (χ2n) is 4.87. The van der Waals surface area contributed by atoms with Crippen LogP contribution >= 0.6 is 0 Å². The predicted octanol–water partition coefficient (Wildman–Crippen LogP) is 3.64. The molecule has 0 saturated carbocycles. The molecule has 0 unspecified atom stereocenters. The van der Waals surface area contributed by atoms with Crippen LogP contribution in [-0.2, 0) is 4.74 Å². The maximum Gasteiger partial charge on any atom is 0.337 e. The minimum Gasteiger partial charge on any atom is -0.465 e. The van der Waals surface area contributed by atoms with Crippen LogP contribution in [0, 0.1) is 11.3 Å². The molecule has 3 rings (SSSR count). The van der Waals surface area contributed by atoms with Gasteiger partial charge in [-0.3, -0.25) is 4.98 Å². The number of nitrogens with zero attached hydrogens (tertiary/aromatic N) is 2. The smallest absolute Gasteiger partial charge is 0.337 e. The molecule has 1 N–H and O–H groups in total. The van der Waals surface area contributed by atoms with E-state index in [1.807, 2.05) is 24.3 Å². The van der Waals surface area contributed by atoms with Gasteiger partial charge < -0.3 is 10.1 Å². The molecule has 0 aliphatic heterocycles. The highest BCUT2D eigenvalue weighted by molar-refractivity contribution is 5.96. The number of esters is 1. The number of carbonyl (C=O) groups excluding carboxylic acids is 1. The van der Waals surface area contributed by atoms with Gasteiger partial charge in [0.05, 0.1) is 29.4 Å². The van der Waals surface area contributed by atoms with Crippen LogP contribution < -0.4 is 5.32 Å². The summed E-state index contributed by atoms with van der Waals surface area (Å²) in [5.74, 6) is -0.386. The van der Waals surface area contributed by atoms with Crippen molar-refractivity contribution in [2.45, 2.75) is 0 Å². The molecule has 5 heteroatoms. The summed E-state index contributed by atoms with van der Waals surface area (Å²) in [4.78, 5) is 15.7. The average molecular weight is 303 g/mol. The Kier molecular flexibility index (Phi) is 3.89. The second-order valence-corrected chi connectivity index (χ2v) is 4.87. The van der Waals surface area contributed by atoms with E-state index in [4.69, 9.17) is 0 Å². The third kappa shape index (κ3) is 2.83. The predicted molar refractivity (Wildman–Crippen MR) is 87.5 cm³/mol. The summed E-state index contributed by atoms with van der Waals surface area (Å²) in [6.45, 7) is 0. The van der Waals surface area contributed by atoms with Crippen LogP contribution in [0.4, 0.5) is 11.4 Å². The number of nitrogens with one attached hydrogen (secondary N) is 1. The SMILES string of the molecule is COC(=O)c1ccc(Nc2c(C#N)cnc3ccccc23)cc1. The van der Waals surface area contributed by atoms with Crippen molar-refractivity contribution in [3.05, 3.63) is 65.9 Å². The van der Waals surface area contributed by atoms with E-state index in [0.29, 0.717) is 16.8 Å². The monoisotopic (exact) mass is 303 g/mol. The van der Waals surface area contributed by atoms with Gasteiger partial charge in [0.25, 0.3) is 0 Å². The maximum atomic E-state index is 11.5. The van der Waals surface area contributed by atoms with E-state index >= 15 is 0 Å². The van der Waals surface area contributed by atoms with E-state index < -0.39 is 0 Å². The van der Waals surface area contributed by atoms with Crippen LogP contribution in [0.2, 0.25) is 0 Å². The quantitative estimate of drug-likeness (QED) is 0.748. The van der Waals surface area contributed by atoms with E-state index in [2.05, 4.69) is 21.1 Å². The molecule has 0 radical (unpaired) electrons. The summed E-state index contributed by atoms with van der Waals surface area (Å²) in [6.07, 6.45) is 1.55. The molecule has 5 nitrogen and oxygen atoms in total. The molecule has 1 aromatic heterocycles. The summed E-state index contributed by atoms with van der Waals surface area (Å²) in [7, 11) is 1.34. The normalized spacial score (nSPS) is 10.1. The standard InChI is InChI=1S/C18H13N3O2/c1-23-18(22)12-6-8-14(9-7-12)21-17-13(10-19)11-20-16-5-3-2-4-15(16)17/h2-9,11H,1H3,(H,20,21). The zero-order valence-electron chi connectivity index (χ0n) is 12.4. The van der Waals surface area contributed by atoms with Crippen LogP contribution in [0.25, 0.3) is 10.9 Å². The maximum absolute atomic E-state index is 11.5. The van der Waals surface area contributed by atoms with Crippen molar-refractivity contribution >= 4 is 28.2 Å². The molecule has 0 saturated heterocycles. The molecule has 23 heavy (non-hydrogen) atoms. The third-order valence-electron chi connectivity index (χ3n) is 3.47. The number of aromatic nitrogens is 1.